The predicted octanol–water partition coefficient (Wildman–Crippen LogP) is 3.11. The first-order valence-electron chi connectivity index (χ1n) is 7.43. The summed E-state index contributed by atoms with van der Waals surface area (Å²) in [7, 11) is -4.26. The van der Waals surface area contributed by atoms with E-state index in [0.717, 1.165) is 12.1 Å². The number of hydrogen-bond donors (Lipinski definition) is 2. The van der Waals surface area contributed by atoms with E-state index in [-0.39, 0.29) is 5.69 Å². The number of nitrogens with zero attached hydrogens (tertiary/aromatic N) is 2. The summed E-state index contributed by atoms with van der Waals surface area (Å²) in [4.78, 5) is 7.40. The number of aryl methyl sites for hydroxylation is 1. The van der Waals surface area contributed by atoms with Crippen LogP contribution in [0.5, 0.6) is 0 Å². The van der Waals surface area contributed by atoms with Gasteiger partial charge in [0.2, 0.25) is 0 Å². The number of pyridine rings is 2. The molecular formula is C17H14F2N4O2S. The van der Waals surface area contributed by atoms with Crippen LogP contribution in [0.1, 0.15) is 5.69 Å². The first-order chi connectivity index (χ1) is 12.3. The SMILES string of the molecule is Cc1ncc(-c2ccnc(N)c2)cc1NS(=O)(=O)c1ccc(F)cc1F. The molecule has 0 aliphatic rings. The van der Waals surface area contributed by atoms with Crippen molar-refractivity contribution in [1.29, 1.82) is 0 Å². The molecule has 0 bridgehead atoms. The molecule has 9 heteroatoms. The van der Waals surface area contributed by atoms with Crippen molar-refractivity contribution in [2.24, 2.45) is 0 Å². The van der Waals surface area contributed by atoms with Gasteiger partial charge in [0, 0.05) is 24.0 Å². The molecule has 2 heterocycles. The number of nitrogen functional groups attached to an aromatic ring is 1. The Balaban J connectivity index is 2.00. The van der Waals surface area contributed by atoms with Gasteiger partial charge in [-0.05, 0) is 42.8 Å². The maximum absolute atomic E-state index is 13.8. The third kappa shape index (κ3) is 3.62. The predicted molar refractivity (Wildman–Crippen MR) is 93.8 cm³/mol. The van der Waals surface area contributed by atoms with E-state index in [9.17, 15) is 17.2 Å². The van der Waals surface area contributed by atoms with E-state index in [0.29, 0.717) is 28.7 Å². The number of aromatic nitrogens is 2. The normalized spacial score (nSPS) is 11.3. The molecule has 0 atom stereocenters. The Morgan fingerprint density at radius 3 is 2.50 bits per heavy atom. The molecule has 0 saturated carbocycles. The molecule has 1 aromatic carbocycles. The van der Waals surface area contributed by atoms with Crippen LogP contribution in [0.4, 0.5) is 20.3 Å². The smallest absolute Gasteiger partial charge is 0.264 e. The van der Waals surface area contributed by atoms with Crippen molar-refractivity contribution in [3.63, 3.8) is 0 Å². The Bertz CT molecular complexity index is 1090. The Labute approximate surface area is 148 Å². The molecule has 0 radical (unpaired) electrons. The first-order valence-corrected chi connectivity index (χ1v) is 8.91. The standard InChI is InChI=1S/C17H14F2N4O2S/c1-10-15(6-12(9-22-10)11-4-5-21-17(20)7-11)23-26(24,25)16-3-2-13(18)8-14(16)19/h2-9,23H,1H3,(H2,20,21). The van der Waals surface area contributed by atoms with Crippen molar-refractivity contribution in [3.8, 4) is 11.1 Å². The fourth-order valence-electron chi connectivity index (χ4n) is 2.32. The summed E-state index contributed by atoms with van der Waals surface area (Å²) in [6, 6.07) is 7.11. The van der Waals surface area contributed by atoms with Gasteiger partial charge in [-0.25, -0.2) is 22.2 Å². The van der Waals surface area contributed by atoms with Crippen LogP contribution < -0.4 is 10.5 Å². The minimum absolute atomic E-state index is 0.168. The van der Waals surface area contributed by atoms with Gasteiger partial charge in [-0.3, -0.25) is 9.71 Å². The van der Waals surface area contributed by atoms with Gasteiger partial charge < -0.3 is 5.73 Å². The Morgan fingerprint density at radius 2 is 1.81 bits per heavy atom. The summed E-state index contributed by atoms with van der Waals surface area (Å²) < 4.78 is 54.1. The molecule has 0 unspecified atom stereocenters. The third-order valence-electron chi connectivity index (χ3n) is 3.63. The lowest BCUT2D eigenvalue weighted by Crippen LogP contribution is -2.16. The van der Waals surface area contributed by atoms with Crippen molar-refractivity contribution < 1.29 is 17.2 Å². The summed E-state index contributed by atoms with van der Waals surface area (Å²) in [6.45, 7) is 1.60. The molecule has 0 spiro atoms. The molecule has 3 N–H and O–H groups in total. The fraction of sp³-hybridized carbons (Fsp3) is 0.0588. The lowest BCUT2D eigenvalue weighted by atomic mass is 10.1. The minimum atomic E-state index is -4.26. The summed E-state index contributed by atoms with van der Waals surface area (Å²) in [5.41, 5.74) is 7.51. The molecule has 134 valence electrons. The number of anilines is 2. The number of nitrogens with two attached hydrogens (primary N) is 1. The van der Waals surface area contributed by atoms with Crippen molar-refractivity contribution >= 4 is 21.5 Å². The van der Waals surface area contributed by atoms with Crippen LogP contribution in [0.2, 0.25) is 0 Å². The highest BCUT2D eigenvalue weighted by Crippen LogP contribution is 2.27. The summed E-state index contributed by atoms with van der Waals surface area (Å²) in [5.74, 6) is -1.74. The molecule has 2 aromatic heterocycles. The highest BCUT2D eigenvalue weighted by atomic mass is 32.2. The topological polar surface area (TPSA) is 98.0 Å². The quantitative estimate of drug-likeness (QED) is 0.729. The van der Waals surface area contributed by atoms with Crippen LogP contribution in [0, 0.1) is 18.6 Å². The van der Waals surface area contributed by atoms with E-state index in [2.05, 4.69) is 14.7 Å². The Hall–Kier alpha value is -3.07. The Kier molecular flexibility index (Phi) is 4.56. The molecule has 6 nitrogen and oxygen atoms in total. The summed E-state index contributed by atoms with van der Waals surface area (Å²) in [5, 5.41) is 0. The van der Waals surface area contributed by atoms with Gasteiger partial charge in [0.25, 0.3) is 10.0 Å². The lowest BCUT2D eigenvalue weighted by molar-refractivity contribution is 0.551. The van der Waals surface area contributed by atoms with E-state index in [1.54, 1.807) is 31.3 Å². The van der Waals surface area contributed by atoms with Crippen LogP contribution in [0.15, 0.2) is 53.7 Å². The molecule has 0 aliphatic heterocycles. The maximum Gasteiger partial charge on any atom is 0.264 e. The summed E-state index contributed by atoms with van der Waals surface area (Å²) >= 11 is 0. The van der Waals surface area contributed by atoms with Gasteiger partial charge in [0.05, 0.1) is 11.4 Å². The van der Waals surface area contributed by atoms with Crippen LogP contribution in [-0.4, -0.2) is 18.4 Å². The van der Waals surface area contributed by atoms with E-state index in [4.69, 9.17) is 5.73 Å². The molecule has 3 rings (SSSR count). The molecule has 0 aliphatic carbocycles. The molecule has 0 saturated heterocycles. The zero-order valence-corrected chi connectivity index (χ0v) is 14.4. The number of halogens is 2. The average molecular weight is 376 g/mol. The van der Waals surface area contributed by atoms with Crippen LogP contribution >= 0.6 is 0 Å². The van der Waals surface area contributed by atoms with Crippen LogP contribution in [0.25, 0.3) is 11.1 Å². The van der Waals surface area contributed by atoms with Crippen molar-refractivity contribution in [2.75, 3.05) is 10.5 Å². The van der Waals surface area contributed by atoms with Gasteiger partial charge in [-0.15, -0.1) is 0 Å². The van der Waals surface area contributed by atoms with Crippen molar-refractivity contribution in [2.45, 2.75) is 11.8 Å². The zero-order valence-electron chi connectivity index (χ0n) is 13.6. The fourth-order valence-corrected chi connectivity index (χ4v) is 3.48. The highest BCUT2D eigenvalue weighted by molar-refractivity contribution is 7.92. The van der Waals surface area contributed by atoms with E-state index >= 15 is 0 Å². The van der Waals surface area contributed by atoms with Crippen molar-refractivity contribution in [3.05, 3.63) is 66.1 Å². The van der Waals surface area contributed by atoms with Gasteiger partial charge in [-0.1, -0.05) is 0 Å². The second-order valence-corrected chi connectivity index (χ2v) is 7.16. The first kappa shape index (κ1) is 17.7. The number of sulfonamides is 1. The molecule has 26 heavy (non-hydrogen) atoms. The van der Waals surface area contributed by atoms with Crippen molar-refractivity contribution in [1.82, 2.24) is 9.97 Å². The zero-order chi connectivity index (χ0) is 18.9. The van der Waals surface area contributed by atoms with Gasteiger partial charge >= 0.3 is 0 Å². The van der Waals surface area contributed by atoms with Gasteiger partial charge in [-0.2, -0.15) is 0 Å². The van der Waals surface area contributed by atoms with E-state index in [1.165, 1.54) is 6.20 Å². The molecule has 0 fully saturated rings. The highest BCUT2D eigenvalue weighted by Gasteiger charge is 2.21. The lowest BCUT2D eigenvalue weighted by Gasteiger charge is -2.12. The largest absolute Gasteiger partial charge is 0.384 e. The summed E-state index contributed by atoms with van der Waals surface area (Å²) in [6.07, 6.45) is 3.07. The monoisotopic (exact) mass is 376 g/mol. The van der Waals surface area contributed by atoms with E-state index < -0.39 is 26.6 Å². The van der Waals surface area contributed by atoms with Gasteiger partial charge in [0.15, 0.2) is 0 Å². The maximum atomic E-state index is 13.8. The van der Waals surface area contributed by atoms with Crippen LogP contribution in [0.3, 0.4) is 0 Å². The van der Waals surface area contributed by atoms with Gasteiger partial charge in [0.1, 0.15) is 22.3 Å². The third-order valence-corrected chi connectivity index (χ3v) is 5.03. The average Bonchev–Trinajstić information content (AvgIpc) is 2.56. The van der Waals surface area contributed by atoms with Crippen LogP contribution in [-0.2, 0) is 10.0 Å². The molecular weight excluding hydrogens is 362 g/mol. The molecule has 3 aromatic rings. The number of nitrogens with one attached hydrogen (secondary N) is 1. The second-order valence-electron chi connectivity index (χ2n) is 5.51. The van der Waals surface area contributed by atoms with E-state index in [1.807, 2.05) is 0 Å². The number of benzene rings is 1. The second kappa shape index (κ2) is 6.68. The number of hydrogen-bond acceptors (Lipinski definition) is 5. The Morgan fingerprint density at radius 1 is 1.04 bits per heavy atom. The molecule has 0 amide bonds. The minimum Gasteiger partial charge on any atom is -0.384 e. The number of rotatable bonds is 4.